The van der Waals surface area contributed by atoms with Crippen LogP contribution in [-0.4, -0.2) is 16.9 Å². The molecular formula is C14H19N3O. The van der Waals surface area contributed by atoms with Gasteiger partial charge in [-0.25, -0.2) is 4.68 Å². The van der Waals surface area contributed by atoms with Gasteiger partial charge in [0, 0.05) is 13.2 Å². The summed E-state index contributed by atoms with van der Waals surface area (Å²) in [6, 6.07) is 9.93. The van der Waals surface area contributed by atoms with E-state index >= 15 is 0 Å². The number of ether oxygens (including phenoxy) is 1. The van der Waals surface area contributed by atoms with Crippen LogP contribution in [0.5, 0.6) is 0 Å². The van der Waals surface area contributed by atoms with Gasteiger partial charge < -0.3 is 10.5 Å². The Bertz CT molecular complexity index is 541. The van der Waals surface area contributed by atoms with Crippen molar-refractivity contribution in [1.82, 2.24) is 9.78 Å². The number of nitrogen functional groups attached to an aromatic ring is 1. The maximum atomic E-state index is 6.01. The number of aromatic nitrogens is 2. The van der Waals surface area contributed by atoms with Gasteiger partial charge in [0.2, 0.25) is 0 Å². The first-order valence-electron chi connectivity index (χ1n) is 5.92. The van der Waals surface area contributed by atoms with E-state index in [1.807, 2.05) is 44.2 Å². The van der Waals surface area contributed by atoms with Crippen molar-refractivity contribution in [3.8, 4) is 5.69 Å². The first kappa shape index (κ1) is 12.6. The summed E-state index contributed by atoms with van der Waals surface area (Å²) in [6.07, 6.45) is 0. The van der Waals surface area contributed by atoms with Crippen LogP contribution >= 0.6 is 0 Å². The molecule has 2 rings (SSSR count). The maximum Gasteiger partial charge on any atom is 0.127 e. The highest BCUT2D eigenvalue weighted by atomic mass is 16.5. The summed E-state index contributed by atoms with van der Waals surface area (Å²) in [4.78, 5) is 0. The van der Waals surface area contributed by atoms with Crippen molar-refractivity contribution in [3.63, 3.8) is 0 Å². The summed E-state index contributed by atoms with van der Waals surface area (Å²) < 4.78 is 7.15. The number of anilines is 1. The van der Waals surface area contributed by atoms with E-state index in [0.29, 0.717) is 5.82 Å². The molecule has 96 valence electrons. The molecule has 4 heteroatoms. The fraction of sp³-hybridized carbons (Fsp3) is 0.357. The molecule has 0 aliphatic heterocycles. The Morgan fingerprint density at radius 2 is 1.83 bits per heavy atom. The molecule has 1 aromatic heterocycles. The molecule has 0 bridgehead atoms. The van der Waals surface area contributed by atoms with Gasteiger partial charge in [-0.2, -0.15) is 5.10 Å². The third kappa shape index (κ3) is 2.24. The van der Waals surface area contributed by atoms with Crippen molar-refractivity contribution in [3.05, 3.63) is 41.6 Å². The molecular weight excluding hydrogens is 226 g/mol. The molecule has 0 saturated carbocycles. The molecule has 0 aliphatic carbocycles. The lowest BCUT2D eigenvalue weighted by atomic mass is 10.1. The normalized spacial score (nSPS) is 11.8. The zero-order valence-corrected chi connectivity index (χ0v) is 11.3. The summed E-state index contributed by atoms with van der Waals surface area (Å²) in [5.41, 5.74) is 8.55. The van der Waals surface area contributed by atoms with E-state index < -0.39 is 5.60 Å². The van der Waals surface area contributed by atoms with Crippen LogP contribution in [0.2, 0.25) is 0 Å². The minimum Gasteiger partial charge on any atom is -0.384 e. The van der Waals surface area contributed by atoms with Gasteiger partial charge in [0.05, 0.1) is 11.4 Å². The highest BCUT2D eigenvalue weighted by Crippen LogP contribution is 2.25. The fourth-order valence-electron chi connectivity index (χ4n) is 1.69. The number of methoxy groups -OCH3 is 1. The van der Waals surface area contributed by atoms with Crippen LogP contribution in [0.1, 0.15) is 25.1 Å². The topological polar surface area (TPSA) is 53.1 Å². The van der Waals surface area contributed by atoms with E-state index in [-0.39, 0.29) is 0 Å². The predicted octanol–water partition coefficient (Wildman–Crippen LogP) is 2.64. The van der Waals surface area contributed by atoms with Crippen LogP contribution in [0.25, 0.3) is 5.69 Å². The van der Waals surface area contributed by atoms with Crippen molar-refractivity contribution < 1.29 is 4.74 Å². The highest BCUT2D eigenvalue weighted by Gasteiger charge is 2.24. The van der Waals surface area contributed by atoms with Crippen LogP contribution in [0.4, 0.5) is 5.82 Å². The van der Waals surface area contributed by atoms with E-state index in [1.54, 1.807) is 11.8 Å². The van der Waals surface area contributed by atoms with Gasteiger partial charge in [-0.05, 0) is 32.9 Å². The van der Waals surface area contributed by atoms with E-state index in [2.05, 4.69) is 12.0 Å². The molecule has 0 saturated heterocycles. The first-order chi connectivity index (χ1) is 8.44. The van der Waals surface area contributed by atoms with E-state index in [9.17, 15) is 0 Å². The standard InChI is InChI=1S/C14H19N3O/c1-10-5-7-11(8-6-10)17-13(15)9-12(16-17)14(2,3)18-4/h5-9H,15H2,1-4H3. The number of hydrogen-bond donors (Lipinski definition) is 1. The minimum atomic E-state index is -0.440. The second kappa shape index (κ2) is 4.46. The van der Waals surface area contributed by atoms with E-state index in [1.165, 1.54) is 5.56 Å². The Morgan fingerprint density at radius 1 is 1.22 bits per heavy atom. The largest absolute Gasteiger partial charge is 0.384 e. The lowest BCUT2D eigenvalue weighted by molar-refractivity contribution is 0.0152. The van der Waals surface area contributed by atoms with Crippen molar-refractivity contribution in [2.75, 3.05) is 12.8 Å². The average molecular weight is 245 g/mol. The summed E-state index contributed by atoms with van der Waals surface area (Å²) in [5.74, 6) is 0.610. The lowest BCUT2D eigenvalue weighted by Gasteiger charge is -2.19. The molecule has 0 aliphatic rings. The number of rotatable bonds is 3. The minimum absolute atomic E-state index is 0.440. The van der Waals surface area contributed by atoms with Crippen molar-refractivity contribution in [2.24, 2.45) is 0 Å². The zero-order valence-electron chi connectivity index (χ0n) is 11.3. The highest BCUT2D eigenvalue weighted by molar-refractivity contribution is 5.44. The van der Waals surface area contributed by atoms with Crippen LogP contribution in [-0.2, 0) is 10.3 Å². The average Bonchev–Trinajstić information content (AvgIpc) is 2.73. The van der Waals surface area contributed by atoms with Gasteiger partial charge >= 0.3 is 0 Å². The smallest absolute Gasteiger partial charge is 0.127 e. The molecule has 2 aromatic rings. The monoisotopic (exact) mass is 245 g/mol. The number of aryl methyl sites for hydroxylation is 1. The third-order valence-electron chi connectivity index (χ3n) is 3.14. The molecule has 18 heavy (non-hydrogen) atoms. The predicted molar refractivity (Wildman–Crippen MR) is 72.7 cm³/mol. The third-order valence-corrected chi connectivity index (χ3v) is 3.14. The number of nitrogens with zero attached hydrogens (tertiary/aromatic N) is 2. The van der Waals surface area contributed by atoms with Gasteiger partial charge in [0.1, 0.15) is 11.4 Å². The molecule has 4 nitrogen and oxygen atoms in total. The molecule has 2 N–H and O–H groups in total. The SMILES string of the molecule is COC(C)(C)c1cc(N)n(-c2ccc(C)cc2)n1. The molecule has 0 amide bonds. The summed E-state index contributed by atoms with van der Waals surface area (Å²) in [7, 11) is 1.67. The number of nitrogens with two attached hydrogens (primary N) is 1. The number of hydrogen-bond acceptors (Lipinski definition) is 3. The summed E-state index contributed by atoms with van der Waals surface area (Å²) in [6.45, 7) is 5.98. The Hall–Kier alpha value is -1.81. The van der Waals surface area contributed by atoms with Gasteiger partial charge in [0.25, 0.3) is 0 Å². The Labute approximate surface area is 107 Å². The maximum absolute atomic E-state index is 6.01. The van der Waals surface area contributed by atoms with Gasteiger partial charge in [-0.15, -0.1) is 0 Å². The fourth-order valence-corrected chi connectivity index (χ4v) is 1.69. The lowest BCUT2D eigenvalue weighted by Crippen LogP contribution is -2.20. The summed E-state index contributed by atoms with van der Waals surface area (Å²) >= 11 is 0. The second-order valence-electron chi connectivity index (χ2n) is 4.92. The molecule has 0 spiro atoms. The van der Waals surface area contributed by atoms with E-state index in [0.717, 1.165) is 11.4 Å². The molecule has 1 aromatic carbocycles. The van der Waals surface area contributed by atoms with Gasteiger partial charge in [0.15, 0.2) is 0 Å². The van der Waals surface area contributed by atoms with Crippen LogP contribution < -0.4 is 5.73 Å². The van der Waals surface area contributed by atoms with Gasteiger partial charge in [-0.1, -0.05) is 17.7 Å². The van der Waals surface area contributed by atoms with E-state index in [4.69, 9.17) is 10.5 Å². The summed E-state index contributed by atoms with van der Waals surface area (Å²) in [5, 5.41) is 4.52. The Morgan fingerprint density at radius 3 is 2.39 bits per heavy atom. The van der Waals surface area contributed by atoms with Crippen LogP contribution in [0.3, 0.4) is 0 Å². The first-order valence-corrected chi connectivity index (χ1v) is 5.92. The molecule has 1 heterocycles. The zero-order chi connectivity index (χ0) is 13.3. The Balaban J connectivity index is 2.44. The quantitative estimate of drug-likeness (QED) is 0.904. The molecule has 0 unspecified atom stereocenters. The number of benzene rings is 1. The molecule has 0 fully saturated rings. The van der Waals surface area contributed by atoms with Crippen LogP contribution in [0.15, 0.2) is 30.3 Å². The molecule has 0 radical (unpaired) electrons. The second-order valence-corrected chi connectivity index (χ2v) is 4.92. The Kier molecular flexibility index (Phi) is 3.13. The van der Waals surface area contributed by atoms with Crippen molar-refractivity contribution >= 4 is 5.82 Å². The molecule has 0 atom stereocenters. The van der Waals surface area contributed by atoms with Crippen LogP contribution in [0, 0.1) is 6.92 Å². The van der Waals surface area contributed by atoms with Crippen molar-refractivity contribution in [1.29, 1.82) is 0 Å². The van der Waals surface area contributed by atoms with Gasteiger partial charge in [-0.3, -0.25) is 0 Å². The van der Waals surface area contributed by atoms with Crippen molar-refractivity contribution in [2.45, 2.75) is 26.4 Å².